The normalized spacial score (nSPS) is 20.1. The average Bonchev–Trinajstić information content (AvgIpc) is 2.69. The number of methoxy groups -OCH3 is 2. The molecule has 3 rings (SSSR count). The van der Waals surface area contributed by atoms with Gasteiger partial charge >= 0.3 is 0 Å². The first kappa shape index (κ1) is 19.4. The number of benzene rings is 1. The summed E-state index contributed by atoms with van der Waals surface area (Å²) in [6.45, 7) is 0. The van der Waals surface area contributed by atoms with Crippen LogP contribution in [-0.2, 0) is 10.0 Å². The minimum Gasteiger partial charge on any atom is -0.495 e. The van der Waals surface area contributed by atoms with Crippen molar-refractivity contribution in [2.24, 2.45) is 0 Å². The Labute approximate surface area is 158 Å². The summed E-state index contributed by atoms with van der Waals surface area (Å²) >= 11 is 0. The van der Waals surface area contributed by atoms with E-state index in [9.17, 15) is 8.42 Å². The molecule has 0 bridgehead atoms. The van der Waals surface area contributed by atoms with Crippen LogP contribution in [0, 0.1) is 0 Å². The van der Waals surface area contributed by atoms with Gasteiger partial charge in [-0.05, 0) is 37.8 Å². The molecule has 2 aromatic rings. The fraction of sp³-hybridized carbons (Fsp3) is 0.444. The highest BCUT2D eigenvalue weighted by molar-refractivity contribution is 7.89. The standard InChI is InChI=1S/C18H23N3O5S/c1-24-15-5-3-4-6-16(15)27(22,23)21-13-7-9-14(10-8-13)26-18-17(25-2)19-11-12-20-18/h3-6,11-14,21H,7-10H2,1-2H3. The Morgan fingerprint density at radius 3 is 2.30 bits per heavy atom. The van der Waals surface area contributed by atoms with Crippen LogP contribution >= 0.6 is 0 Å². The van der Waals surface area contributed by atoms with Crippen LogP contribution in [-0.4, -0.2) is 44.8 Å². The molecule has 0 amide bonds. The van der Waals surface area contributed by atoms with Crippen molar-refractivity contribution < 1.29 is 22.6 Å². The van der Waals surface area contributed by atoms with Gasteiger partial charge in [-0.25, -0.2) is 23.1 Å². The van der Waals surface area contributed by atoms with Crippen LogP contribution in [0.4, 0.5) is 0 Å². The Morgan fingerprint density at radius 1 is 0.963 bits per heavy atom. The molecule has 0 radical (unpaired) electrons. The highest BCUT2D eigenvalue weighted by Gasteiger charge is 2.28. The minimum absolute atomic E-state index is 0.0531. The first-order valence-corrected chi connectivity index (χ1v) is 10.2. The first-order chi connectivity index (χ1) is 13.0. The number of rotatable bonds is 7. The number of sulfonamides is 1. The molecular weight excluding hydrogens is 370 g/mol. The Balaban J connectivity index is 1.59. The second-order valence-corrected chi connectivity index (χ2v) is 7.92. The first-order valence-electron chi connectivity index (χ1n) is 8.70. The Bertz CT molecular complexity index is 867. The van der Waals surface area contributed by atoms with E-state index in [0.717, 1.165) is 0 Å². The van der Waals surface area contributed by atoms with E-state index in [1.54, 1.807) is 24.4 Å². The van der Waals surface area contributed by atoms with Gasteiger partial charge in [0.1, 0.15) is 16.7 Å². The summed E-state index contributed by atoms with van der Waals surface area (Å²) in [7, 11) is -0.678. The van der Waals surface area contributed by atoms with Crippen LogP contribution in [0.5, 0.6) is 17.5 Å². The Morgan fingerprint density at radius 2 is 1.63 bits per heavy atom. The summed E-state index contributed by atoms with van der Waals surface area (Å²) < 4.78 is 44.3. The molecule has 1 aliphatic rings. The lowest BCUT2D eigenvalue weighted by Crippen LogP contribution is -2.39. The molecule has 9 heteroatoms. The van der Waals surface area contributed by atoms with Crippen molar-refractivity contribution in [1.82, 2.24) is 14.7 Å². The number of nitrogens with one attached hydrogen (secondary N) is 1. The van der Waals surface area contributed by atoms with Gasteiger partial charge in [0.15, 0.2) is 0 Å². The van der Waals surface area contributed by atoms with Crippen molar-refractivity contribution in [3.05, 3.63) is 36.7 Å². The van der Waals surface area contributed by atoms with Crippen molar-refractivity contribution in [2.75, 3.05) is 14.2 Å². The van der Waals surface area contributed by atoms with Crippen LogP contribution < -0.4 is 18.9 Å². The minimum atomic E-state index is -3.65. The highest BCUT2D eigenvalue weighted by atomic mass is 32.2. The van der Waals surface area contributed by atoms with E-state index in [4.69, 9.17) is 14.2 Å². The summed E-state index contributed by atoms with van der Waals surface area (Å²) in [5.41, 5.74) is 0. The van der Waals surface area contributed by atoms with E-state index < -0.39 is 10.0 Å². The van der Waals surface area contributed by atoms with Gasteiger partial charge in [-0.3, -0.25) is 0 Å². The van der Waals surface area contributed by atoms with Crippen LogP contribution in [0.25, 0.3) is 0 Å². The number of ether oxygens (including phenoxy) is 3. The van der Waals surface area contributed by atoms with Crippen LogP contribution in [0.1, 0.15) is 25.7 Å². The van der Waals surface area contributed by atoms with E-state index in [-0.39, 0.29) is 17.0 Å². The number of hydrogen-bond donors (Lipinski definition) is 1. The summed E-state index contributed by atoms with van der Waals surface area (Å²) in [4.78, 5) is 8.36. The quantitative estimate of drug-likeness (QED) is 0.769. The molecule has 0 saturated heterocycles. The monoisotopic (exact) mass is 393 g/mol. The molecule has 1 aromatic heterocycles. The molecule has 0 aliphatic heterocycles. The lowest BCUT2D eigenvalue weighted by atomic mass is 9.94. The molecule has 1 aromatic carbocycles. The second kappa shape index (κ2) is 8.53. The molecule has 1 aliphatic carbocycles. The maximum absolute atomic E-state index is 12.7. The SMILES string of the molecule is COc1ccccc1S(=O)(=O)NC1CCC(Oc2nccnc2OC)CC1. The van der Waals surface area contributed by atoms with Gasteiger partial charge in [-0.2, -0.15) is 0 Å². The lowest BCUT2D eigenvalue weighted by Gasteiger charge is -2.29. The zero-order chi connectivity index (χ0) is 19.3. The third-order valence-corrected chi connectivity index (χ3v) is 6.02. The summed E-state index contributed by atoms with van der Waals surface area (Å²) in [6, 6.07) is 6.43. The molecule has 1 saturated carbocycles. The van der Waals surface area contributed by atoms with Gasteiger partial charge in [0.2, 0.25) is 10.0 Å². The van der Waals surface area contributed by atoms with Gasteiger partial charge in [-0.15, -0.1) is 0 Å². The fourth-order valence-corrected chi connectivity index (χ4v) is 4.59. The van der Waals surface area contributed by atoms with Gasteiger partial charge < -0.3 is 14.2 Å². The van der Waals surface area contributed by atoms with Gasteiger partial charge in [0, 0.05) is 18.4 Å². The lowest BCUT2D eigenvalue weighted by molar-refractivity contribution is 0.132. The van der Waals surface area contributed by atoms with Crippen LogP contribution in [0.15, 0.2) is 41.6 Å². The van der Waals surface area contributed by atoms with Crippen LogP contribution in [0.3, 0.4) is 0 Å². The predicted molar refractivity (Wildman–Crippen MR) is 98.6 cm³/mol. The maximum Gasteiger partial charge on any atom is 0.278 e. The van der Waals surface area contributed by atoms with Crippen molar-refractivity contribution >= 4 is 10.0 Å². The Kier molecular flexibility index (Phi) is 6.12. The fourth-order valence-electron chi connectivity index (χ4n) is 3.11. The topological polar surface area (TPSA) is 99.6 Å². The van der Waals surface area contributed by atoms with E-state index in [1.165, 1.54) is 26.5 Å². The van der Waals surface area contributed by atoms with Gasteiger partial charge in [0.25, 0.3) is 11.8 Å². The molecule has 146 valence electrons. The number of nitrogens with zero attached hydrogens (tertiary/aromatic N) is 2. The maximum atomic E-state index is 12.7. The van der Waals surface area contributed by atoms with Crippen molar-refractivity contribution in [3.8, 4) is 17.5 Å². The van der Waals surface area contributed by atoms with Crippen molar-refractivity contribution in [1.29, 1.82) is 0 Å². The third kappa shape index (κ3) is 4.67. The summed E-state index contributed by atoms with van der Waals surface area (Å²) in [5, 5.41) is 0. The average molecular weight is 393 g/mol. The molecule has 8 nitrogen and oxygen atoms in total. The van der Waals surface area contributed by atoms with Gasteiger partial charge in [0.05, 0.1) is 14.2 Å². The Hall–Kier alpha value is -2.39. The highest BCUT2D eigenvalue weighted by Crippen LogP contribution is 2.29. The molecular formula is C18H23N3O5S. The number of hydrogen-bond acceptors (Lipinski definition) is 7. The molecule has 0 unspecified atom stereocenters. The van der Waals surface area contributed by atoms with Crippen molar-refractivity contribution in [3.63, 3.8) is 0 Å². The molecule has 27 heavy (non-hydrogen) atoms. The summed E-state index contributed by atoms with van der Waals surface area (Å²) in [5.74, 6) is 1.03. The second-order valence-electron chi connectivity index (χ2n) is 6.23. The zero-order valence-electron chi connectivity index (χ0n) is 15.3. The van der Waals surface area contributed by atoms with Gasteiger partial charge in [-0.1, -0.05) is 12.1 Å². The van der Waals surface area contributed by atoms with E-state index in [2.05, 4.69) is 14.7 Å². The summed E-state index contributed by atoms with van der Waals surface area (Å²) in [6.07, 6.45) is 5.78. The molecule has 1 fully saturated rings. The van der Waals surface area contributed by atoms with Crippen LogP contribution in [0.2, 0.25) is 0 Å². The largest absolute Gasteiger partial charge is 0.495 e. The number of aromatic nitrogens is 2. The molecule has 1 heterocycles. The molecule has 1 N–H and O–H groups in total. The number of para-hydroxylation sites is 1. The molecule has 0 atom stereocenters. The van der Waals surface area contributed by atoms with E-state index in [0.29, 0.717) is 43.2 Å². The smallest absolute Gasteiger partial charge is 0.278 e. The van der Waals surface area contributed by atoms with E-state index in [1.807, 2.05) is 0 Å². The third-order valence-electron chi connectivity index (χ3n) is 4.46. The van der Waals surface area contributed by atoms with Crippen molar-refractivity contribution in [2.45, 2.75) is 42.7 Å². The zero-order valence-corrected chi connectivity index (χ0v) is 16.1. The predicted octanol–water partition coefficient (Wildman–Crippen LogP) is 2.16. The molecule has 0 spiro atoms. The van der Waals surface area contributed by atoms with E-state index >= 15 is 0 Å².